The molecule has 4 amide bonds. The fourth-order valence-corrected chi connectivity index (χ4v) is 8.64. The second-order valence-corrected chi connectivity index (χ2v) is 14.2. The summed E-state index contributed by atoms with van der Waals surface area (Å²) in [6, 6.07) is 33.8. The summed E-state index contributed by atoms with van der Waals surface area (Å²) in [7, 11) is -8.70. The molecule has 6 aromatic rings. The minimum absolute atomic E-state index is 0.0500. The van der Waals surface area contributed by atoms with Crippen LogP contribution >= 0.6 is 0 Å². The van der Waals surface area contributed by atoms with Crippen molar-refractivity contribution in [2.75, 3.05) is 8.61 Å². The first kappa shape index (κ1) is 31.3. The maximum atomic E-state index is 13.7. The van der Waals surface area contributed by atoms with Gasteiger partial charge in [-0.25, -0.2) is 26.4 Å². The second kappa shape index (κ2) is 12.2. The molecule has 0 heterocycles. The Labute approximate surface area is 271 Å². The zero-order valence-corrected chi connectivity index (χ0v) is 26.4. The number of hydrogen-bond acceptors (Lipinski definition) is 6. The number of nitrogens with zero attached hydrogens (tertiary/aromatic N) is 2. The van der Waals surface area contributed by atoms with Gasteiger partial charge in [-0.15, -0.1) is 0 Å². The number of amides is 4. The van der Waals surface area contributed by atoms with Gasteiger partial charge in [-0.05, 0) is 64.7 Å². The summed E-state index contributed by atoms with van der Waals surface area (Å²) in [6.07, 6.45) is 0.375. The standard InChI is InChI=1S/C35H28N4O6S2/c36-34(40)38(46(42,43)32-13-5-9-26-7-1-3-11-30(26)32)28-19-15-24(16-20-28)23-25-17-21-29(22-18-25)39(35(37)41)47(44,45)33-14-6-10-27-8-2-4-12-31(27)33/h1-22H,23H2,(H2,36,40)(H2,37,41). The van der Waals surface area contributed by atoms with Crippen LogP contribution in [0.15, 0.2) is 143 Å². The zero-order valence-electron chi connectivity index (χ0n) is 24.7. The number of hydrogen-bond donors (Lipinski definition) is 2. The van der Waals surface area contributed by atoms with Crippen molar-refractivity contribution in [1.29, 1.82) is 0 Å². The highest BCUT2D eigenvalue weighted by Crippen LogP contribution is 2.31. The normalized spacial score (nSPS) is 11.7. The third-order valence-corrected chi connectivity index (χ3v) is 11.3. The van der Waals surface area contributed by atoms with Crippen LogP contribution < -0.4 is 20.1 Å². The van der Waals surface area contributed by atoms with Gasteiger partial charge in [0, 0.05) is 10.8 Å². The fourth-order valence-electron chi connectivity index (χ4n) is 5.54. The summed E-state index contributed by atoms with van der Waals surface area (Å²) in [5, 5.41) is 2.32. The molecule has 0 aliphatic carbocycles. The molecule has 0 saturated carbocycles. The predicted octanol–water partition coefficient (Wildman–Crippen LogP) is 6.13. The highest BCUT2D eigenvalue weighted by Gasteiger charge is 2.32. The van der Waals surface area contributed by atoms with Crippen molar-refractivity contribution in [2.24, 2.45) is 11.5 Å². The first-order chi connectivity index (χ1) is 22.5. The quantitative estimate of drug-likeness (QED) is 0.199. The number of fused-ring (bicyclic) bond motifs is 2. The van der Waals surface area contributed by atoms with Crippen LogP contribution in [0.5, 0.6) is 0 Å². The molecule has 0 spiro atoms. The summed E-state index contributed by atoms with van der Waals surface area (Å²) in [4.78, 5) is 24.9. The largest absolute Gasteiger partial charge is 0.350 e. The Bertz CT molecular complexity index is 2200. The Balaban J connectivity index is 1.25. The summed E-state index contributed by atoms with van der Waals surface area (Å²) < 4.78 is 55.8. The van der Waals surface area contributed by atoms with Crippen LogP contribution in [-0.4, -0.2) is 28.9 Å². The molecule has 4 N–H and O–H groups in total. The minimum Gasteiger partial charge on any atom is -0.350 e. The highest BCUT2D eigenvalue weighted by atomic mass is 32.2. The molecule has 0 unspecified atom stereocenters. The molecular weight excluding hydrogens is 637 g/mol. The SMILES string of the molecule is NC(=O)N(c1ccc(Cc2ccc(N(C(N)=O)S(=O)(=O)c3cccc4ccccc34)cc2)cc1)S(=O)(=O)c1cccc2ccccc12. The third kappa shape index (κ3) is 5.87. The minimum atomic E-state index is -4.35. The van der Waals surface area contributed by atoms with Crippen LogP contribution in [0.2, 0.25) is 0 Å². The van der Waals surface area contributed by atoms with Crippen LogP contribution in [0.3, 0.4) is 0 Å². The number of benzene rings is 6. The first-order valence-corrected chi connectivity index (χ1v) is 17.2. The molecule has 0 aliphatic heterocycles. The van der Waals surface area contributed by atoms with E-state index in [1.54, 1.807) is 97.1 Å². The van der Waals surface area contributed by atoms with E-state index < -0.39 is 32.1 Å². The predicted molar refractivity (Wildman–Crippen MR) is 182 cm³/mol. The summed E-state index contributed by atoms with van der Waals surface area (Å²) in [5.41, 5.74) is 12.8. The molecule has 12 heteroatoms. The zero-order chi connectivity index (χ0) is 33.3. The van der Waals surface area contributed by atoms with E-state index in [0.717, 1.165) is 11.1 Å². The number of sulfonamides is 2. The van der Waals surface area contributed by atoms with E-state index in [-0.39, 0.29) is 21.2 Å². The van der Waals surface area contributed by atoms with E-state index in [9.17, 15) is 26.4 Å². The highest BCUT2D eigenvalue weighted by molar-refractivity contribution is 7.94. The second-order valence-electron chi connectivity index (χ2n) is 10.7. The van der Waals surface area contributed by atoms with E-state index in [4.69, 9.17) is 11.5 Å². The van der Waals surface area contributed by atoms with Gasteiger partial charge in [0.1, 0.15) is 0 Å². The lowest BCUT2D eigenvalue weighted by atomic mass is 10.0. The van der Waals surface area contributed by atoms with Crippen molar-refractivity contribution in [3.63, 3.8) is 0 Å². The number of urea groups is 2. The Hall–Kier alpha value is -5.72. The molecule has 0 aromatic heterocycles. The molecular formula is C35H28N4O6S2. The molecule has 0 saturated heterocycles. The molecule has 0 bridgehead atoms. The van der Waals surface area contributed by atoms with E-state index in [2.05, 4.69) is 0 Å². The number of primary amides is 2. The number of carbonyl (C=O) groups excluding carboxylic acids is 2. The average molecular weight is 665 g/mol. The molecule has 236 valence electrons. The summed E-state index contributed by atoms with van der Waals surface area (Å²) in [6.45, 7) is 0. The van der Waals surface area contributed by atoms with Crippen molar-refractivity contribution in [2.45, 2.75) is 16.2 Å². The lowest BCUT2D eigenvalue weighted by Crippen LogP contribution is -2.40. The smallest absolute Gasteiger partial charge is 0.333 e. The maximum Gasteiger partial charge on any atom is 0.333 e. The molecule has 6 aromatic carbocycles. The van der Waals surface area contributed by atoms with Crippen molar-refractivity contribution >= 4 is 65.0 Å². The first-order valence-electron chi connectivity index (χ1n) is 14.3. The van der Waals surface area contributed by atoms with Crippen molar-refractivity contribution in [3.05, 3.63) is 145 Å². The molecule has 47 heavy (non-hydrogen) atoms. The van der Waals surface area contributed by atoms with Gasteiger partial charge in [0.05, 0.1) is 21.2 Å². The number of nitrogens with two attached hydrogens (primary N) is 2. The van der Waals surface area contributed by atoms with Gasteiger partial charge in [-0.2, -0.15) is 8.61 Å². The third-order valence-electron chi connectivity index (χ3n) is 7.69. The van der Waals surface area contributed by atoms with Crippen molar-refractivity contribution in [3.8, 4) is 0 Å². The van der Waals surface area contributed by atoms with Crippen LogP contribution in [0.1, 0.15) is 11.1 Å². The summed E-state index contributed by atoms with van der Waals surface area (Å²) in [5.74, 6) is 0. The van der Waals surface area contributed by atoms with Gasteiger partial charge in [0.2, 0.25) is 0 Å². The van der Waals surface area contributed by atoms with Crippen molar-refractivity contribution < 1.29 is 26.4 Å². The number of carbonyl (C=O) groups is 2. The van der Waals surface area contributed by atoms with E-state index in [1.165, 1.54) is 36.4 Å². The summed E-state index contributed by atoms with van der Waals surface area (Å²) >= 11 is 0. The van der Waals surface area contributed by atoms with Gasteiger partial charge < -0.3 is 11.5 Å². The van der Waals surface area contributed by atoms with Gasteiger partial charge >= 0.3 is 12.1 Å². The molecule has 0 atom stereocenters. The van der Waals surface area contributed by atoms with Crippen LogP contribution in [0, 0.1) is 0 Å². The van der Waals surface area contributed by atoms with Crippen LogP contribution in [0.25, 0.3) is 21.5 Å². The monoisotopic (exact) mass is 664 g/mol. The van der Waals surface area contributed by atoms with Gasteiger partial charge in [-0.1, -0.05) is 97.1 Å². The topological polar surface area (TPSA) is 161 Å². The van der Waals surface area contributed by atoms with Crippen LogP contribution in [-0.2, 0) is 26.5 Å². The Morgan fingerprint density at radius 2 is 0.809 bits per heavy atom. The number of anilines is 2. The molecule has 0 aliphatic rings. The molecule has 6 rings (SSSR count). The van der Waals surface area contributed by atoms with E-state index in [1.807, 2.05) is 0 Å². The van der Waals surface area contributed by atoms with Gasteiger partial charge in [0.25, 0.3) is 20.0 Å². The molecule has 0 radical (unpaired) electrons. The van der Waals surface area contributed by atoms with E-state index >= 15 is 0 Å². The molecule has 0 fully saturated rings. The Morgan fingerprint density at radius 1 is 0.468 bits per heavy atom. The Kier molecular flexibility index (Phi) is 8.14. The van der Waals surface area contributed by atoms with Crippen LogP contribution in [0.4, 0.5) is 21.0 Å². The average Bonchev–Trinajstić information content (AvgIpc) is 3.05. The maximum absolute atomic E-state index is 13.7. The Morgan fingerprint density at radius 3 is 1.17 bits per heavy atom. The fraction of sp³-hybridized carbons (Fsp3) is 0.0286. The lowest BCUT2D eigenvalue weighted by Gasteiger charge is -2.22. The lowest BCUT2D eigenvalue weighted by molar-refractivity contribution is 0.256. The van der Waals surface area contributed by atoms with Gasteiger partial charge in [-0.3, -0.25) is 0 Å². The number of rotatable bonds is 8. The van der Waals surface area contributed by atoms with E-state index in [0.29, 0.717) is 36.6 Å². The molecule has 10 nitrogen and oxygen atoms in total. The van der Waals surface area contributed by atoms with Gasteiger partial charge in [0.15, 0.2) is 0 Å². The van der Waals surface area contributed by atoms with Crippen molar-refractivity contribution in [1.82, 2.24) is 0 Å².